The molecule has 3 atom stereocenters. The largest absolute Gasteiger partial charge is 0.383 e. The van der Waals surface area contributed by atoms with Gasteiger partial charge in [-0.2, -0.15) is 0 Å². The molecule has 1 fully saturated rings. The summed E-state index contributed by atoms with van der Waals surface area (Å²) in [5.41, 5.74) is 0.921. The number of hydrogen-bond acceptors (Lipinski definition) is 2. The minimum Gasteiger partial charge on any atom is -0.383 e. The Morgan fingerprint density at radius 1 is 1.08 bits per heavy atom. The molecule has 3 unspecified atom stereocenters. The molecule has 1 saturated carbocycles. The van der Waals surface area contributed by atoms with E-state index in [0.717, 1.165) is 36.3 Å². The fraction of sp³-hybridized carbons (Fsp3) is 0.455. The third-order valence-corrected chi connectivity index (χ3v) is 6.71. The van der Waals surface area contributed by atoms with Gasteiger partial charge in [0.1, 0.15) is 5.60 Å². The molecule has 26 heavy (non-hydrogen) atoms. The maximum absolute atomic E-state index is 11.8. The van der Waals surface area contributed by atoms with Gasteiger partial charge in [-0.25, -0.2) is 0 Å². The predicted molar refractivity (Wildman–Crippen MR) is 110 cm³/mol. The van der Waals surface area contributed by atoms with Crippen molar-refractivity contribution >= 4 is 23.2 Å². The van der Waals surface area contributed by atoms with Crippen molar-refractivity contribution in [3.05, 3.63) is 69.7 Å². The quantitative estimate of drug-likeness (QED) is 0.738. The van der Waals surface area contributed by atoms with Crippen LogP contribution in [0.2, 0.25) is 10.0 Å². The molecule has 0 aromatic heterocycles. The zero-order valence-corrected chi connectivity index (χ0v) is 17.2. The van der Waals surface area contributed by atoms with Gasteiger partial charge in [-0.3, -0.25) is 0 Å². The maximum Gasteiger partial charge on any atom is 0.108 e. The van der Waals surface area contributed by atoms with Crippen LogP contribution in [-0.2, 0) is 12.0 Å². The van der Waals surface area contributed by atoms with E-state index >= 15 is 0 Å². The number of likely N-dealkylation sites (N-methyl/N-ethyl adjacent to an activating group) is 1. The summed E-state index contributed by atoms with van der Waals surface area (Å²) in [5.74, 6) is 0.517. The van der Waals surface area contributed by atoms with Gasteiger partial charge >= 0.3 is 0 Å². The lowest BCUT2D eigenvalue weighted by atomic mass is 9.62. The molecule has 0 aliphatic heterocycles. The number of rotatable bonds is 4. The van der Waals surface area contributed by atoms with Crippen LogP contribution in [0, 0.1) is 5.92 Å². The summed E-state index contributed by atoms with van der Waals surface area (Å²) in [6.07, 6.45) is 3.63. The van der Waals surface area contributed by atoms with Gasteiger partial charge in [-0.1, -0.05) is 47.5 Å². The monoisotopic (exact) mass is 391 g/mol. The van der Waals surface area contributed by atoms with Crippen molar-refractivity contribution < 1.29 is 5.11 Å². The van der Waals surface area contributed by atoms with Crippen LogP contribution in [0.25, 0.3) is 0 Å². The highest BCUT2D eigenvalue weighted by Crippen LogP contribution is 2.49. The summed E-state index contributed by atoms with van der Waals surface area (Å²) in [4.78, 5) is 2.17. The Labute approximate surface area is 166 Å². The van der Waals surface area contributed by atoms with E-state index < -0.39 is 5.60 Å². The summed E-state index contributed by atoms with van der Waals surface area (Å²) in [5, 5.41) is 13.2. The number of nitrogens with zero attached hydrogens (tertiary/aromatic N) is 1. The average molecular weight is 392 g/mol. The van der Waals surface area contributed by atoms with Gasteiger partial charge in [0, 0.05) is 10.0 Å². The Bertz CT molecular complexity index is 761. The van der Waals surface area contributed by atoms with Crippen LogP contribution in [0.3, 0.4) is 0 Å². The Morgan fingerprint density at radius 2 is 1.77 bits per heavy atom. The van der Waals surface area contributed by atoms with Crippen molar-refractivity contribution in [1.29, 1.82) is 0 Å². The zero-order chi connectivity index (χ0) is 18.9. The Morgan fingerprint density at radius 3 is 2.38 bits per heavy atom. The first-order chi connectivity index (χ1) is 12.2. The molecule has 0 radical (unpaired) electrons. The van der Waals surface area contributed by atoms with Crippen LogP contribution >= 0.6 is 23.2 Å². The van der Waals surface area contributed by atoms with Crippen molar-refractivity contribution in [3.8, 4) is 0 Å². The van der Waals surface area contributed by atoms with Crippen molar-refractivity contribution in [3.63, 3.8) is 0 Å². The summed E-state index contributed by atoms with van der Waals surface area (Å²) in [7, 11) is 4.11. The number of benzene rings is 2. The topological polar surface area (TPSA) is 23.5 Å². The van der Waals surface area contributed by atoms with Crippen LogP contribution in [0.1, 0.15) is 37.3 Å². The van der Waals surface area contributed by atoms with E-state index in [-0.39, 0.29) is 5.54 Å². The van der Waals surface area contributed by atoms with Crippen LogP contribution in [0.4, 0.5) is 0 Å². The molecule has 1 N–H and O–H groups in total. The van der Waals surface area contributed by atoms with Crippen molar-refractivity contribution in [1.82, 2.24) is 4.90 Å². The second-order valence-electron chi connectivity index (χ2n) is 7.98. The van der Waals surface area contributed by atoms with E-state index in [9.17, 15) is 5.11 Å². The van der Waals surface area contributed by atoms with Crippen molar-refractivity contribution in [2.24, 2.45) is 5.92 Å². The van der Waals surface area contributed by atoms with Gasteiger partial charge in [0.2, 0.25) is 0 Å². The molecule has 0 spiro atoms. The SMILES string of the molecule is CN(C)C1(C)CC(Cc2ccc(Cl)cc2)CCC1(O)c1cccc(Cl)c1. The molecule has 0 saturated heterocycles. The number of hydrogen-bond donors (Lipinski definition) is 1. The number of aliphatic hydroxyl groups is 1. The molecule has 2 aromatic rings. The highest BCUT2D eigenvalue weighted by molar-refractivity contribution is 6.30. The smallest absolute Gasteiger partial charge is 0.108 e. The summed E-state index contributed by atoms with van der Waals surface area (Å²) in [6.45, 7) is 2.17. The van der Waals surface area contributed by atoms with Crippen LogP contribution < -0.4 is 0 Å². The molecular formula is C22H27Cl2NO. The van der Waals surface area contributed by atoms with E-state index in [2.05, 4.69) is 38.1 Å². The first kappa shape index (κ1) is 19.7. The van der Waals surface area contributed by atoms with Gasteiger partial charge in [0.25, 0.3) is 0 Å². The highest BCUT2D eigenvalue weighted by atomic mass is 35.5. The average Bonchev–Trinajstić information content (AvgIpc) is 2.60. The molecular weight excluding hydrogens is 365 g/mol. The van der Waals surface area contributed by atoms with Crippen molar-refractivity contribution in [2.75, 3.05) is 14.1 Å². The van der Waals surface area contributed by atoms with E-state index in [1.165, 1.54) is 5.56 Å². The second-order valence-corrected chi connectivity index (χ2v) is 8.85. The molecule has 140 valence electrons. The van der Waals surface area contributed by atoms with Crippen LogP contribution in [0.15, 0.2) is 48.5 Å². The first-order valence-corrected chi connectivity index (χ1v) is 9.90. The van der Waals surface area contributed by atoms with Crippen LogP contribution in [-0.4, -0.2) is 29.6 Å². The van der Waals surface area contributed by atoms with Crippen LogP contribution in [0.5, 0.6) is 0 Å². The Hall–Kier alpha value is -1.06. The van der Waals surface area contributed by atoms with Crippen molar-refractivity contribution in [2.45, 2.75) is 43.7 Å². The normalized spacial score (nSPS) is 29.1. The fourth-order valence-electron chi connectivity index (χ4n) is 4.40. The predicted octanol–water partition coefficient (Wildman–Crippen LogP) is 5.54. The molecule has 1 aliphatic rings. The van der Waals surface area contributed by atoms with E-state index in [4.69, 9.17) is 23.2 Å². The minimum absolute atomic E-state index is 0.368. The lowest BCUT2D eigenvalue weighted by molar-refractivity contribution is -0.135. The molecule has 2 nitrogen and oxygen atoms in total. The van der Waals surface area contributed by atoms with E-state index in [1.54, 1.807) is 0 Å². The standard InChI is InChI=1S/C22H27Cl2NO/c1-21(25(2)3)15-17(13-16-7-9-19(23)10-8-16)11-12-22(21,26)18-5-4-6-20(24)14-18/h4-10,14,17,26H,11-13,15H2,1-3H3. The minimum atomic E-state index is -0.919. The number of halogens is 2. The van der Waals surface area contributed by atoms with E-state index in [0.29, 0.717) is 10.9 Å². The molecule has 4 heteroatoms. The lowest BCUT2D eigenvalue weighted by Gasteiger charge is -2.54. The first-order valence-electron chi connectivity index (χ1n) is 9.15. The van der Waals surface area contributed by atoms with E-state index in [1.807, 2.05) is 36.4 Å². The second kappa shape index (κ2) is 7.52. The molecule has 0 heterocycles. The fourth-order valence-corrected chi connectivity index (χ4v) is 4.71. The summed E-state index contributed by atoms with van der Waals surface area (Å²) < 4.78 is 0. The Kier molecular flexibility index (Phi) is 5.69. The molecule has 1 aliphatic carbocycles. The Balaban J connectivity index is 1.87. The molecule has 3 rings (SSSR count). The van der Waals surface area contributed by atoms with Gasteiger partial charge in [0.05, 0.1) is 5.54 Å². The summed E-state index contributed by atoms with van der Waals surface area (Å²) in [6, 6.07) is 15.8. The van der Waals surface area contributed by atoms with Gasteiger partial charge in [-0.05, 0) is 88.0 Å². The molecule has 0 amide bonds. The molecule has 2 aromatic carbocycles. The third-order valence-electron chi connectivity index (χ3n) is 6.22. The zero-order valence-electron chi connectivity index (χ0n) is 15.7. The molecule has 0 bridgehead atoms. The van der Waals surface area contributed by atoms with Gasteiger partial charge < -0.3 is 10.0 Å². The summed E-state index contributed by atoms with van der Waals surface area (Å²) >= 11 is 12.2. The van der Waals surface area contributed by atoms with Gasteiger partial charge in [0.15, 0.2) is 0 Å². The third kappa shape index (κ3) is 3.66. The lowest BCUT2D eigenvalue weighted by Crippen LogP contribution is -2.61. The van der Waals surface area contributed by atoms with Gasteiger partial charge in [-0.15, -0.1) is 0 Å². The maximum atomic E-state index is 11.8. The highest BCUT2D eigenvalue weighted by Gasteiger charge is 2.53.